The van der Waals surface area contributed by atoms with E-state index in [2.05, 4.69) is 0 Å². The first-order valence-electron chi connectivity index (χ1n) is 5.51. The Balaban J connectivity index is 2.46. The minimum atomic E-state index is -1.14. The number of amides is 1. The molecular weight excluding hydrogens is 292 g/mol. The molecule has 1 aromatic carbocycles. The van der Waals surface area contributed by atoms with Gasteiger partial charge in [-0.3, -0.25) is 19.7 Å². The van der Waals surface area contributed by atoms with Crippen LogP contribution in [0.25, 0.3) is 0 Å². The largest absolute Gasteiger partial charge is 0.501 e. The van der Waals surface area contributed by atoms with Gasteiger partial charge in [0.25, 0.3) is 0 Å². The van der Waals surface area contributed by atoms with E-state index in [1.54, 1.807) is 0 Å². The fraction of sp³-hybridized carbons (Fsp3) is 0.273. The number of nitrogens with zero attached hydrogens (tertiary/aromatic N) is 2. The van der Waals surface area contributed by atoms with E-state index in [0.717, 1.165) is 11.0 Å². The Morgan fingerprint density at radius 3 is 2.65 bits per heavy atom. The van der Waals surface area contributed by atoms with Crippen LogP contribution in [-0.2, 0) is 9.59 Å². The summed E-state index contributed by atoms with van der Waals surface area (Å²) in [5.41, 5.74) is -0.794. The number of benzene rings is 1. The number of carbonyl (C=O) groups excluding carboxylic acids is 1. The lowest BCUT2D eigenvalue weighted by atomic mass is 10.1. The maximum Gasteiger partial charge on any atom is 0.314 e. The second-order valence-electron chi connectivity index (χ2n) is 4.29. The van der Waals surface area contributed by atoms with Crippen molar-refractivity contribution in [1.29, 1.82) is 0 Å². The number of nitro benzene ring substituents is 1. The van der Waals surface area contributed by atoms with Crippen LogP contribution in [-0.4, -0.2) is 33.6 Å². The normalized spacial score (nSPS) is 18.4. The van der Waals surface area contributed by atoms with Crippen LogP contribution in [0.5, 0.6) is 5.75 Å². The maximum absolute atomic E-state index is 11.8. The number of rotatable bonds is 3. The zero-order valence-corrected chi connectivity index (χ0v) is 10.7. The number of carboxylic acid groups (broad SMARTS) is 1. The predicted octanol–water partition coefficient (Wildman–Crippen LogP) is 1.39. The van der Waals surface area contributed by atoms with Gasteiger partial charge in [-0.1, -0.05) is 11.6 Å². The molecule has 1 aliphatic rings. The first-order chi connectivity index (χ1) is 9.31. The van der Waals surface area contributed by atoms with Crippen LogP contribution in [0, 0.1) is 16.0 Å². The summed E-state index contributed by atoms with van der Waals surface area (Å²) in [6.45, 7) is -0.167. The predicted molar refractivity (Wildman–Crippen MR) is 67.9 cm³/mol. The highest BCUT2D eigenvalue weighted by molar-refractivity contribution is 6.31. The van der Waals surface area contributed by atoms with Crippen molar-refractivity contribution in [2.75, 3.05) is 11.4 Å². The molecule has 0 spiro atoms. The molecule has 1 unspecified atom stereocenters. The fourth-order valence-corrected chi connectivity index (χ4v) is 2.23. The van der Waals surface area contributed by atoms with Gasteiger partial charge < -0.3 is 15.1 Å². The molecule has 0 bridgehead atoms. The molecule has 0 radical (unpaired) electrons. The number of hydrogen-bond acceptors (Lipinski definition) is 5. The number of anilines is 1. The molecule has 0 aromatic heterocycles. The summed E-state index contributed by atoms with van der Waals surface area (Å²) in [5, 5.41) is 29.5. The van der Waals surface area contributed by atoms with Gasteiger partial charge in [-0.2, -0.15) is 0 Å². The van der Waals surface area contributed by atoms with Gasteiger partial charge in [-0.15, -0.1) is 0 Å². The molecule has 0 aliphatic carbocycles. The van der Waals surface area contributed by atoms with Crippen molar-refractivity contribution < 1.29 is 24.7 Å². The molecule has 1 amide bonds. The van der Waals surface area contributed by atoms with Crippen molar-refractivity contribution in [2.24, 2.45) is 5.92 Å². The van der Waals surface area contributed by atoms with Crippen LogP contribution in [0.4, 0.5) is 11.4 Å². The summed E-state index contributed by atoms with van der Waals surface area (Å²) in [6.07, 6.45) is -0.227. The Kier molecular flexibility index (Phi) is 3.49. The summed E-state index contributed by atoms with van der Waals surface area (Å²) >= 11 is 5.72. The van der Waals surface area contributed by atoms with E-state index < -0.39 is 34.2 Å². The maximum atomic E-state index is 11.8. The molecule has 1 aromatic rings. The van der Waals surface area contributed by atoms with E-state index >= 15 is 0 Å². The van der Waals surface area contributed by atoms with Crippen LogP contribution in [0.2, 0.25) is 5.02 Å². The lowest BCUT2D eigenvalue weighted by molar-refractivity contribution is -0.385. The SMILES string of the molecule is O=C(O)C1CC(=O)N(c2cc(Cl)cc([N+](=O)[O-])c2O)C1. The molecule has 1 aliphatic heterocycles. The lowest BCUT2D eigenvalue weighted by Gasteiger charge is -2.17. The third kappa shape index (κ3) is 2.37. The molecule has 9 heteroatoms. The first-order valence-corrected chi connectivity index (χ1v) is 5.89. The average Bonchev–Trinajstić information content (AvgIpc) is 2.73. The summed E-state index contributed by atoms with van der Waals surface area (Å²) in [4.78, 5) is 33.6. The number of nitro groups is 1. The zero-order valence-electron chi connectivity index (χ0n) is 9.95. The van der Waals surface area contributed by atoms with Gasteiger partial charge in [0.2, 0.25) is 11.7 Å². The third-order valence-electron chi connectivity index (χ3n) is 3.00. The summed E-state index contributed by atoms with van der Waals surface area (Å²) in [6, 6.07) is 2.14. The number of carboxylic acids is 1. The zero-order chi connectivity index (χ0) is 15.0. The van der Waals surface area contributed by atoms with E-state index in [1.807, 2.05) is 0 Å². The molecule has 8 nitrogen and oxygen atoms in total. The van der Waals surface area contributed by atoms with Crippen molar-refractivity contribution in [3.63, 3.8) is 0 Å². The van der Waals surface area contributed by atoms with Crippen LogP contribution >= 0.6 is 11.6 Å². The van der Waals surface area contributed by atoms with Gasteiger partial charge in [0, 0.05) is 24.1 Å². The van der Waals surface area contributed by atoms with Crippen molar-refractivity contribution in [3.8, 4) is 5.75 Å². The van der Waals surface area contributed by atoms with Gasteiger partial charge in [-0.05, 0) is 6.07 Å². The van der Waals surface area contributed by atoms with Gasteiger partial charge in [0.05, 0.1) is 16.5 Å². The molecular formula is C11H9ClN2O6. The molecule has 1 saturated heterocycles. The number of hydrogen-bond donors (Lipinski definition) is 2. The second-order valence-corrected chi connectivity index (χ2v) is 4.73. The molecule has 106 valence electrons. The number of halogens is 1. The standard InChI is InChI=1S/C11H9ClN2O6/c12-6-2-7(10(16)8(3-6)14(19)20)13-4-5(11(17)18)1-9(13)15/h2-3,5,16H,1,4H2,(H,17,18). The first kappa shape index (κ1) is 14.1. The molecule has 1 heterocycles. The third-order valence-corrected chi connectivity index (χ3v) is 3.21. The minimum Gasteiger partial charge on any atom is -0.501 e. The molecule has 0 saturated carbocycles. The highest BCUT2D eigenvalue weighted by Gasteiger charge is 2.37. The summed E-state index contributed by atoms with van der Waals surface area (Å²) in [7, 11) is 0. The van der Waals surface area contributed by atoms with E-state index in [4.69, 9.17) is 16.7 Å². The van der Waals surface area contributed by atoms with E-state index in [-0.39, 0.29) is 23.7 Å². The second kappa shape index (κ2) is 4.97. The van der Waals surface area contributed by atoms with E-state index in [0.29, 0.717) is 0 Å². The molecule has 2 N–H and O–H groups in total. The number of carbonyl (C=O) groups is 2. The average molecular weight is 301 g/mol. The van der Waals surface area contributed by atoms with Gasteiger partial charge in [0.15, 0.2) is 0 Å². The molecule has 20 heavy (non-hydrogen) atoms. The van der Waals surface area contributed by atoms with Crippen molar-refractivity contribution in [2.45, 2.75) is 6.42 Å². The van der Waals surface area contributed by atoms with Crippen LogP contribution in [0.15, 0.2) is 12.1 Å². The lowest BCUT2D eigenvalue weighted by Crippen LogP contribution is -2.26. The Labute approximate surface area is 117 Å². The Morgan fingerprint density at radius 1 is 1.50 bits per heavy atom. The number of aliphatic carboxylic acids is 1. The van der Waals surface area contributed by atoms with Gasteiger partial charge >= 0.3 is 11.7 Å². The quantitative estimate of drug-likeness (QED) is 0.642. The molecule has 1 fully saturated rings. The minimum absolute atomic E-state index is 0.0314. The molecule has 1 atom stereocenters. The Bertz CT molecular complexity index is 617. The molecule has 2 rings (SSSR count). The highest BCUT2D eigenvalue weighted by Crippen LogP contribution is 2.41. The Hall–Kier alpha value is -2.35. The van der Waals surface area contributed by atoms with Crippen LogP contribution in [0.3, 0.4) is 0 Å². The number of aromatic hydroxyl groups is 1. The topological polar surface area (TPSA) is 121 Å². The van der Waals surface area contributed by atoms with Crippen molar-refractivity contribution in [1.82, 2.24) is 0 Å². The van der Waals surface area contributed by atoms with E-state index in [1.165, 1.54) is 6.07 Å². The van der Waals surface area contributed by atoms with Gasteiger partial charge in [0.1, 0.15) is 0 Å². The summed E-state index contributed by atoms with van der Waals surface area (Å²) < 4.78 is 0. The smallest absolute Gasteiger partial charge is 0.314 e. The number of phenols is 1. The number of phenolic OH excluding ortho intramolecular Hbond substituents is 1. The van der Waals surface area contributed by atoms with Crippen LogP contribution in [0.1, 0.15) is 6.42 Å². The fourth-order valence-electron chi connectivity index (χ4n) is 2.02. The Morgan fingerprint density at radius 2 is 2.15 bits per heavy atom. The highest BCUT2D eigenvalue weighted by atomic mass is 35.5. The monoisotopic (exact) mass is 300 g/mol. The summed E-state index contributed by atoms with van der Waals surface area (Å²) in [5.74, 6) is -3.31. The van der Waals surface area contributed by atoms with Crippen molar-refractivity contribution >= 4 is 34.9 Å². The van der Waals surface area contributed by atoms with E-state index in [9.17, 15) is 24.8 Å². The van der Waals surface area contributed by atoms with Crippen molar-refractivity contribution in [3.05, 3.63) is 27.3 Å². The van der Waals surface area contributed by atoms with Gasteiger partial charge in [-0.25, -0.2) is 0 Å². The van der Waals surface area contributed by atoms with Crippen LogP contribution < -0.4 is 4.90 Å².